The van der Waals surface area contributed by atoms with Crippen LogP contribution in [0.5, 0.6) is 0 Å². The van der Waals surface area contributed by atoms with E-state index >= 15 is 0 Å². The summed E-state index contributed by atoms with van der Waals surface area (Å²) in [6.07, 6.45) is 13.4. The van der Waals surface area contributed by atoms with E-state index < -0.39 is 11.2 Å². The van der Waals surface area contributed by atoms with Gasteiger partial charge in [-0.15, -0.1) is 0 Å². The molecule has 6 nitrogen and oxygen atoms in total. The average Bonchev–Trinajstić information content (AvgIpc) is 3.20. The van der Waals surface area contributed by atoms with Gasteiger partial charge in [0, 0.05) is 37.9 Å². The van der Waals surface area contributed by atoms with Crippen molar-refractivity contribution in [3.05, 3.63) is 23.3 Å². The maximum absolute atomic E-state index is 10.4. The molecule has 0 bridgehead atoms. The van der Waals surface area contributed by atoms with Crippen molar-refractivity contribution in [3.63, 3.8) is 0 Å². The Morgan fingerprint density at radius 2 is 1.57 bits per heavy atom. The van der Waals surface area contributed by atoms with E-state index in [4.69, 9.17) is 9.47 Å². The molecule has 4 aliphatic rings. The molecule has 0 saturated heterocycles. The maximum atomic E-state index is 10.4. The van der Waals surface area contributed by atoms with E-state index in [0.717, 1.165) is 18.8 Å². The van der Waals surface area contributed by atoms with Crippen molar-refractivity contribution in [2.75, 3.05) is 26.4 Å². The molecular weight excluding hydrogens is 468 g/mol. The predicted octanol–water partition coefficient (Wildman–Crippen LogP) is 4.54. The molecule has 4 rings (SSSR count). The largest absolute Gasteiger partial charge is 0.393 e. The standard InChI is InChI=1S/C31H52O6/c1-6-21-8-10-25-24-9-7-22-17-23(36-15-13-28(2,34)19-32)18-27(37-16-14-29(3,35)20-33)31(22,5)26(24)11-12-30(21,25)4/h7,9,21,23,25-27,32-35H,6,8,10-20H2,1-5H3/t21-,23?,25-,26-,27?,28?,29?,30+,31-/m0/s1. The van der Waals surface area contributed by atoms with Crippen molar-refractivity contribution in [3.8, 4) is 0 Å². The number of rotatable bonds is 11. The van der Waals surface area contributed by atoms with Crippen LogP contribution in [-0.4, -0.2) is 70.3 Å². The zero-order chi connectivity index (χ0) is 27.1. The number of hydrogen-bond donors (Lipinski definition) is 4. The monoisotopic (exact) mass is 520 g/mol. The Morgan fingerprint density at radius 1 is 0.919 bits per heavy atom. The first-order chi connectivity index (χ1) is 17.4. The van der Waals surface area contributed by atoms with Gasteiger partial charge in [0.15, 0.2) is 0 Å². The van der Waals surface area contributed by atoms with Gasteiger partial charge >= 0.3 is 0 Å². The van der Waals surface area contributed by atoms with Gasteiger partial charge in [-0.05, 0) is 69.1 Å². The first-order valence-electron chi connectivity index (χ1n) is 14.7. The van der Waals surface area contributed by atoms with Crippen LogP contribution in [0.4, 0.5) is 0 Å². The highest BCUT2D eigenvalue weighted by atomic mass is 16.5. The highest BCUT2D eigenvalue weighted by Crippen LogP contribution is 2.65. The number of hydrogen-bond acceptors (Lipinski definition) is 6. The molecule has 3 saturated carbocycles. The SMILES string of the molecule is CC[C@H]1CC[C@H]2C3=CC=C4CC(OCCC(C)(O)CO)CC(OCCC(C)(O)CO)[C@]4(C)[C@H]3CC[C@]12C. The van der Waals surface area contributed by atoms with Crippen LogP contribution in [-0.2, 0) is 9.47 Å². The number of aliphatic hydroxyl groups is 4. The topological polar surface area (TPSA) is 99.4 Å². The van der Waals surface area contributed by atoms with Crippen LogP contribution in [0.1, 0.15) is 92.4 Å². The van der Waals surface area contributed by atoms with Crippen molar-refractivity contribution in [1.82, 2.24) is 0 Å². The van der Waals surface area contributed by atoms with Crippen LogP contribution in [0, 0.1) is 28.6 Å². The smallest absolute Gasteiger partial charge is 0.0871 e. The fourth-order valence-electron chi connectivity index (χ4n) is 8.18. The third-order valence-corrected chi connectivity index (χ3v) is 10.9. The Hall–Kier alpha value is -0.760. The fraction of sp³-hybridized carbons (Fsp3) is 0.871. The third-order valence-electron chi connectivity index (χ3n) is 10.9. The minimum atomic E-state index is -1.15. The van der Waals surface area contributed by atoms with Crippen LogP contribution in [0.3, 0.4) is 0 Å². The summed E-state index contributed by atoms with van der Waals surface area (Å²) in [7, 11) is 0. The lowest BCUT2D eigenvalue weighted by molar-refractivity contribution is -0.121. The first-order valence-corrected chi connectivity index (χ1v) is 14.7. The van der Waals surface area contributed by atoms with Gasteiger partial charge in [-0.2, -0.15) is 0 Å². The number of allylic oxidation sites excluding steroid dienone is 3. The van der Waals surface area contributed by atoms with Crippen molar-refractivity contribution < 1.29 is 29.9 Å². The first kappa shape index (κ1) is 29.2. The van der Waals surface area contributed by atoms with Crippen LogP contribution >= 0.6 is 0 Å². The molecule has 0 aromatic rings. The second kappa shape index (κ2) is 11.0. The van der Waals surface area contributed by atoms with E-state index in [1.807, 2.05) is 0 Å². The number of ether oxygens (including phenoxy) is 2. The van der Waals surface area contributed by atoms with E-state index in [1.54, 1.807) is 19.4 Å². The molecule has 0 aromatic carbocycles. The Balaban J connectivity index is 1.57. The molecule has 37 heavy (non-hydrogen) atoms. The lowest BCUT2D eigenvalue weighted by Crippen LogP contribution is -2.53. The minimum absolute atomic E-state index is 0.0167. The van der Waals surface area contributed by atoms with Gasteiger partial charge in [0.25, 0.3) is 0 Å². The Bertz CT molecular complexity index is 862. The van der Waals surface area contributed by atoms with Gasteiger partial charge in [-0.25, -0.2) is 0 Å². The molecule has 3 fully saturated rings. The van der Waals surface area contributed by atoms with Crippen molar-refractivity contribution >= 4 is 0 Å². The summed E-state index contributed by atoms with van der Waals surface area (Å²) in [6.45, 7) is 10.8. The molecule has 0 spiro atoms. The quantitative estimate of drug-likeness (QED) is 0.319. The average molecular weight is 521 g/mol. The maximum Gasteiger partial charge on any atom is 0.0871 e. The van der Waals surface area contributed by atoms with Gasteiger partial charge in [-0.1, -0.05) is 50.5 Å². The number of fused-ring (bicyclic) bond motifs is 5. The van der Waals surface area contributed by atoms with E-state index in [1.165, 1.54) is 37.7 Å². The summed E-state index contributed by atoms with van der Waals surface area (Å²) in [4.78, 5) is 0. The molecule has 6 heteroatoms. The van der Waals surface area contributed by atoms with Crippen LogP contribution in [0.25, 0.3) is 0 Å². The summed E-state index contributed by atoms with van der Waals surface area (Å²) in [5.41, 5.74) is 1.02. The van der Waals surface area contributed by atoms with Crippen molar-refractivity contribution in [1.29, 1.82) is 0 Å². The van der Waals surface area contributed by atoms with Gasteiger partial charge in [-0.3, -0.25) is 0 Å². The van der Waals surface area contributed by atoms with Crippen LogP contribution in [0.15, 0.2) is 23.3 Å². The minimum Gasteiger partial charge on any atom is -0.393 e. The summed E-state index contributed by atoms with van der Waals surface area (Å²) < 4.78 is 12.9. The van der Waals surface area contributed by atoms with Crippen LogP contribution in [0.2, 0.25) is 0 Å². The zero-order valence-electron chi connectivity index (χ0n) is 23.8. The molecule has 0 heterocycles. The predicted molar refractivity (Wildman–Crippen MR) is 145 cm³/mol. The van der Waals surface area contributed by atoms with Gasteiger partial charge in [0.1, 0.15) is 0 Å². The summed E-state index contributed by atoms with van der Waals surface area (Å²) in [5.74, 6) is 1.92. The van der Waals surface area contributed by atoms with E-state index in [0.29, 0.717) is 43.3 Å². The van der Waals surface area contributed by atoms with Crippen LogP contribution < -0.4 is 0 Å². The lowest BCUT2D eigenvalue weighted by atomic mass is 9.49. The summed E-state index contributed by atoms with van der Waals surface area (Å²) in [6, 6.07) is 0. The highest BCUT2D eigenvalue weighted by Gasteiger charge is 2.58. The molecule has 0 radical (unpaired) electrons. The van der Waals surface area contributed by atoms with Crippen molar-refractivity contribution in [2.45, 2.75) is 116 Å². The van der Waals surface area contributed by atoms with Gasteiger partial charge in [0.2, 0.25) is 0 Å². The van der Waals surface area contributed by atoms with Gasteiger partial charge in [0.05, 0.1) is 36.6 Å². The molecule has 4 aliphatic carbocycles. The second-order valence-electron chi connectivity index (χ2n) is 13.6. The Morgan fingerprint density at radius 3 is 2.19 bits per heavy atom. The van der Waals surface area contributed by atoms with Crippen molar-refractivity contribution in [2.24, 2.45) is 28.6 Å². The molecule has 0 aromatic heterocycles. The fourth-order valence-corrected chi connectivity index (χ4v) is 8.18. The summed E-state index contributed by atoms with van der Waals surface area (Å²) >= 11 is 0. The van der Waals surface area contributed by atoms with E-state index in [-0.39, 0.29) is 30.8 Å². The molecule has 9 atom stereocenters. The molecule has 212 valence electrons. The molecule has 0 amide bonds. The highest BCUT2D eigenvalue weighted by molar-refractivity contribution is 5.40. The zero-order valence-corrected chi connectivity index (χ0v) is 23.8. The van der Waals surface area contributed by atoms with E-state index in [2.05, 4.69) is 32.9 Å². The Labute approximate surface area is 224 Å². The number of aliphatic hydroxyl groups excluding tert-OH is 2. The molecule has 0 aliphatic heterocycles. The lowest BCUT2D eigenvalue weighted by Gasteiger charge is -2.57. The second-order valence-corrected chi connectivity index (χ2v) is 13.6. The summed E-state index contributed by atoms with van der Waals surface area (Å²) in [5, 5.41) is 39.5. The van der Waals surface area contributed by atoms with Gasteiger partial charge < -0.3 is 29.9 Å². The molecule has 4 unspecified atom stereocenters. The third kappa shape index (κ3) is 5.62. The van der Waals surface area contributed by atoms with E-state index in [9.17, 15) is 20.4 Å². The Kier molecular flexibility index (Phi) is 8.70. The molecular formula is C31H52O6. The molecule has 4 N–H and O–H groups in total. The normalized spacial score (nSPS) is 40.5.